The Labute approximate surface area is 130 Å². The van der Waals surface area contributed by atoms with Gasteiger partial charge in [-0.3, -0.25) is 4.79 Å². The Bertz CT molecular complexity index is 661. The highest BCUT2D eigenvalue weighted by molar-refractivity contribution is 8.00. The molecule has 2 heteroatoms. The Morgan fingerprint density at radius 2 is 1.71 bits per heavy atom. The zero-order chi connectivity index (χ0) is 14.2. The molecule has 2 saturated heterocycles. The maximum atomic E-state index is 12.7. The van der Waals surface area contributed by atoms with Gasteiger partial charge >= 0.3 is 0 Å². The molecule has 2 atom stereocenters. The smallest absolute Gasteiger partial charge is 0.140 e. The van der Waals surface area contributed by atoms with Crippen molar-refractivity contribution in [2.45, 2.75) is 42.6 Å². The van der Waals surface area contributed by atoms with Gasteiger partial charge in [0.05, 0.1) is 0 Å². The van der Waals surface area contributed by atoms with E-state index in [2.05, 4.69) is 54.2 Å². The first-order chi connectivity index (χ1) is 10.3. The van der Waals surface area contributed by atoms with E-state index < -0.39 is 0 Å². The standard InChI is InChI=1S/C19H20OS/c20-19(15-10-16-8-9-17(11-15)21-16)12-14-6-3-5-13-4-1-2-7-18(13)14/h1-7,15-17H,8-12H2. The summed E-state index contributed by atoms with van der Waals surface area (Å²) in [5.74, 6) is 0.770. The van der Waals surface area contributed by atoms with Crippen LogP contribution in [0.15, 0.2) is 42.5 Å². The summed E-state index contributed by atoms with van der Waals surface area (Å²) in [7, 11) is 0. The van der Waals surface area contributed by atoms with Gasteiger partial charge in [-0.05, 0) is 42.0 Å². The van der Waals surface area contributed by atoms with Gasteiger partial charge in [0.1, 0.15) is 5.78 Å². The molecule has 0 aromatic heterocycles. The van der Waals surface area contributed by atoms with Crippen LogP contribution in [0.2, 0.25) is 0 Å². The topological polar surface area (TPSA) is 17.1 Å². The molecule has 0 radical (unpaired) electrons. The highest BCUT2D eigenvalue weighted by Gasteiger charge is 2.37. The lowest BCUT2D eigenvalue weighted by Gasteiger charge is -2.26. The summed E-state index contributed by atoms with van der Waals surface area (Å²) in [6.07, 6.45) is 5.49. The van der Waals surface area contributed by atoms with Crippen molar-refractivity contribution in [3.05, 3.63) is 48.0 Å². The number of carbonyl (C=O) groups is 1. The number of ketones is 1. The van der Waals surface area contributed by atoms with Crippen LogP contribution in [-0.2, 0) is 11.2 Å². The first-order valence-corrected chi connectivity index (χ1v) is 8.88. The zero-order valence-electron chi connectivity index (χ0n) is 12.1. The molecule has 2 aromatic rings. The number of carbonyl (C=O) groups excluding carboxylic acids is 1. The number of fused-ring (bicyclic) bond motifs is 3. The summed E-state index contributed by atoms with van der Waals surface area (Å²) in [6.45, 7) is 0. The van der Waals surface area contributed by atoms with Crippen molar-refractivity contribution in [2.75, 3.05) is 0 Å². The van der Waals surface area contributed by atoms with E-state index in [-0.39, 0.29) is 0 Å². The van der Waals surface area contributed by atoms with Crippen LogP contribution in [-0.4, -0.2) is 16.3 Å². The number of hydrogen-bond donors (Lipinski definition) is 0. The van der Waals surface area contributed by atoms with Crippen molar-refractivity contribution in [1.29, 1.82) is 0 Å². The fourth-order valence-corrected chi connectivity index (χ4v) is 5.67. The van der Waals surface area contributed by atoms with Crippen LogP contribution in [0.3, 0.4) is 0 Å². The summed E-state index contributed by atoms with van der Waals surface area (Å²) in [6, 6.07) is 14.7. The summed E-state index contributed by atoms with van der Waals surface area (Å²) >= 11 is 2.13. The van der Waals surface area contributed by atoms with Crippen LogP contribution in [0, 0.1) is 5.92 Å². The van der Waals surface area contributed by atoms with Gasteiger partial charge in [-0.15, -0.1) is 0 Å². The Morgan fingerprint density at radius 3 is 2.52 bits per heavy atom. The Hall–Kier alpha value is -1.28. The fourth-order valence-electron chi connectivity index (χ4n) is 3.90. The molecule has 21 heavy (non-hydrogen) atoms. The van der Waals surface area contributed by atoms with Crippen LogP contribution in [0.25, 0.3) is 10.8 Å². The Kier molecular flexibility index (Phi) is 3.50. The van der Waals surface area contributed by atoms with E-state index in [4.69, 9.17) is 0 Å². The first-order valence-electron chi connectivity index (χ1n) is 7.94. The lowest BCUT2D eigenvalue weighted by molar-refractivity contribution is -0.122. The number of hydrogen-bond acceptors (Lipinski definition) is 2. The van der Waals surface area contributed by atoms with Crippen LogP contribution < -0.4 is 0 Å². The molecule has 2 aromatic carbocycles. The number of benzene rings is 2. The average molecular weight is 296 g/mol. The molecule has 0 amide bonds. The van der Waals surface area contributed by atoms with Crippen molar-refractivity contribution in [2.24, 2.45) is 5.92 Å². The molecule has 2 fully saturated rings. The minimum absolute atomic E-state index is 0.308. The third-order valence-corrected chi connectivity index (χ3v) is 6.62. The molecule has 1 nitrogen and oxygen atoms in total. The van der Waals surface area contributed by atoms with E-state index in [0.717, 1.165) is 23.3 Å². The summed E-state index contributed by atoms with van der Waals surface area (Å²) in [4.78, 5) is 12.7. The predicted molar refractivity (Wildman–Crippen MR) is 89.8 cm³/mol. The molecule has 108 valence electrons. The second-order valence-electron chi connectivity index (χ2n) is 6.41. The van der Waals surface area contributed by atoms with Gasteiger partial charge in [0, 0.05) is 22.8 Å². The monoisotopic (exact) mass is 296 g/mol. The van der Waals surface area contributed by atoms with Crippen LogP contribution >= 0.6 is 11.8 Å². The first kappa shape index (κ1) is 13.4. The minimum atomic E-state index is 0.308. The summed E-state index contributed by atoms with van der Waals surface area (Å²) < 4.78 is 0. The van der Waals surface area contributed by atoms with Gasteiger partial charge in [-0.2, -0.15) is 11.8 Å². The molecule has 2 unspecified atom stereocenters. The largest absolute Gasteiger partial charge is 0.299 e. The highest BCUT2D eigenvalue weighted by atomic mass is 32.2. The highest BCUT2D eigenvalue weighted by Crippen LogP contribution is 2.46. The SMILES string of the molecule is O=C(Cc1cccc2ccccc12)C1CC2CCC(C1)S2. The molecule has 0 spiro atoms. The van der Waals surface area contributed by atoms with E-state index in [1.54, 1.807) is 0 Å². The van der Waals surface area contributed by atoms with Crippen molar-refractivity contribution < 1.29 is 4.79 Å². The second kappa shape index (κ2) is 5.49. The van der Waals surface area contributed by atoms with Crippen molar-refractivity contribution in [1.82, 2.24) is 0 Å². The van der Waals surface area contributed by atoms with Gasteiger partial charge in [0.15, 0.2) is 0 Å². The maximum Gasteiger partial charge on any atom is 0.140 e. The maximum absolute atomic E-state index is 12.7. The number of Topliss-reactive ketones (excluding diaryl/α,β-unsaturated/α-hetero) is 1. The minimum Gasteiger partial charge on any atom is -0.299 e. The van der Waals surface area contributed by atoms with Gasteiger partial charge in [-0.25, -0.2) is 0 Å². The molecule has 2 aliphatic heterocycles. The molecular formula is C19H20OS. The molecule has 0 N–H and O–H groups in total. The molecule has 0 aliphatic carbocycles. The van der Waals surface area contributed by atoms with Crippen LogP contribution in [0.5, 0.6) is 0 Å². The molecule has 0 saturated carbocycles. The van der Waals surface area contributed by atoms with Crippen LogP contribution in [0.4, 0.5) is 0 Å². The van der Waals surface area contributed by atoms with E-state index >= 15 is 0 Å². The molecule has 2 bridgehead atoms. The lowest BCUT2D eigenvalue weighted by Crippen LogP contribution is -2.26. The molecule has 4 rings (SSSR count). The van der Waals surface area contributed by atoms with Gasteiger partial charge in [-0.1, -0.05) is 42.5 Å². The Balaban J connectivity index is 1.56. The van der Waals surface area contributed by atoms with Crippen LogP contribution in [0.1, 0.15) is 31.2 Å². The van der Waals surface area contributed by atoms with E-state index in [9.17, 15) is 4.79 Å². The quantitative estimate of drug-likeness (QED) is 0.821. The average Bonchev–Trinajstić information content (AvgIpc) is 2.86. The van der Waals surface area contributed by atoms with Crippen molar-refractivity contribution in [3.63, 3.8) is 0 Å². The van der Waals surface area contributed by atoms with Gasteiger partial charge in [0.2, 0.25) is 0 Å². The molecule has 2 aliphatic rings. The second-order valence-corrected chi connectivity index (χ2v) is 8.01. The summed E-state index contributed by atoms with van der Waals surface area (Å²) in [5, 5.41) is 3.99. The normalized spacial score (nSPS) is 27.9. The van der Waals surface area contributed by atoms with Crippen molar-refractivity contribution in [3.8, 4) is 0 Å². The number of thioether (sulfide) groups is 1. The van der Waals surface area contributed by atoms with Gasteiger partial charge in [0.25, 0.3) is 0 Å². The van der Waals surface area contributed by atoms with Gasteiger partial charge < -0.3 is 0 Å². The molecule has 2 heterocycles. The van der Waals surface area contributed by atoms with Crippen molar-refractivity contribution >= 4 is 28.3 Å². The predicted octanol–water partition coefficient (Wildman–Crippen LogP) is 4.63. The summed E-state index contributed by atoms with van der Waals surface area (Å²) in [5.41, 5.74) is 1.20. The van der Waals surface area contributed by atoms with E-state index in [1.807, 2.05) is 0 Å². The third-order valence-electron chi connectivity index (χ3n) is 4.99. The molecular weight excluding hydrogens is 276 g/mol. The number of rotatable bonds is 3. The van der Waals surface area contributed by atoms with E-state index in [0.29, 0.717) is 18.1 Å². The lowest BCUT2D eigenvalue weighted by atomic mass is 9.89. The fraction of sp³-hybridized carbons (Fsp3) is 0.421. The Morgan fingerprint density at radius 1 is 1.00 bits per heavy atom. The third kappa shape index (κ3) is 2.62. The van der Waals surface area contributed by atoms with E-state index in [1.165, 1.54) is 29.2 Å². The zero-order valence-corrected chi connectivity index (χ0v) is 12.9.